The number of alkyl halides is 2. The van der Waals surface area contributed by atoms with Crippen LogP contribution in [0.25, 0.3) is 0 Å². The van der Waals surface area contributed by atoms with E-state index >= 15 is 0 Å². The molecule has 0 spiro atoms. The fourth-order valence-electron chi connectivity index (χ4n) is 3.11. The van der Waals surface area contributed by atoms with Crippen molar-refractivity contribution < 1.29 is 18.7 Å². The summed E-state index contributed by atoms with van der Waals surface area (Å²) in [6.07, 6.45) is 0.512. The molecule has 3 nitrogen and oxygen atoms in total. The molecule has 116 valence electrons. The first-order valence-electron chi connectivity index (χ1n) is 7.24. The Hall–Kier alpha value is -1.49. The van der Waals surface area contributed by atoms with E-state index in [-0.39, 0.29) is 17.5 Å². The van der Waals surface area contributed by atoms with Gasteiger partial charge in [-0.15, -0.1) is 0 Å². The lowest BCUT2D eigenvalue weighted by Gasteiger charge is -2.35. The molecule has 0 aliphatic carbocycles. The number of carboxylic acids is 1. The number of benzene rings is 1. The Bertz CT molecular complexity index is 490. The minimum Gasteiger partial charge on any atom is -0.481 e. The Morgan fingerprint density at radius 3 is 2.62 bits per heavy atom. The summed E-state index contributed by atoms with van der Waals surface area (Å²) in [6, 6.07) is 6.45. The molecule has 1 unspecified atom stereocenters. The van der Waals surface area contributed by atoms with E-state index in [0.29, 0.717) is 6.54 Å². The van der Waals surface area contributed by atoms with Crippen molar-refractivity contribution in [2.75, 3.05) is 13.1 Å². The fraction of sp³-hybridized carbons (Fsp3) is 0.562. The Kier molecular flexibility index (Phi) is 4.93. The second-order valence-corrected chi connectivity index (χ2v) is 5.95. The van der Waals surface area contributed by atoms with Crippen LogP contribution in [0.15, 0.2) is 24.3 Å². The monoisotopic (exact) mass is 297 g/mol. The van der Waals surface area contributed by atoms with Gasteiger partial charge in [0.25, 0.3) is 6.43 Å². The SMILES string of the molecule is CC1(Cc2ccc(C(F)F)cc2)CCCN1CCC(=O)O. The lowest BCUT2D eigenvalue weighted by Crippen LogP contribution is -2.43. The van der Waals surface area contributed by atoms with Gasteiger partial charge in [0.15, 0.2) is 0 Å². The maximum Gasteiger partial charge on any atom is 0.304 e. The number of likely N-dealkylation sites (tertiary alicyclic amines) is 1. The molecule has 2 rings (SSSR count). The summed E-state index contributed by atoms with van der Waals surface area (Å²) in [7, 11) is 0. The molecule has 1 aromatic carbocycles. The van der Waals surface area contributed by atoms with Crippen LogP contribution in [0.2, 0.25) is 0 Å². The van der Waals surface area contributed by atoms with E-state index in [1.807, 2.05) is 0 Å². The summed E-state index contributed by atoms with van der Waals surface area (Å²) in [5.41, 5.74) is 0.976. The summed E-state index contributed by atoms with van der Waals surface area (Å²) in [4.78, 5) is 12.9. The molecule has 1 saturated heterocycles. The maximum atomic E-state index is 12.6. The van der Waals surface area contributed by atoms with Gasteiger partial charge in [0.1, 0.15) is 0 Å². The van der Waals surface area contributed by atoms with Crippen LogP contribution < -0.4 is 0 Å². The fourth-order valence-corrected chi connectivity index (χ4v) is 3.11. The van der Waals surface area contributed by atoms with Crippen molar-refractivity contribution in [2.45, 2.75) is 44.6 Å². The first-order valence-corrected chi connectivity index (χ1v) is 7.24. The van der Waals surface area contributed by atoms with Crippen molar-refractivity contribution in [2.24, 2.45) is 0 Å². The van der Waals surface area contributed by atoms with Gasteiger partial charge >= 0.3 is 5.97 Å². The summed E-state index contributed by atoms with van der Waals surface area (Å²) >= 11 is 0. The summed E-state index contributed by atoms with van der Waals surface area (Å²) in [6.45, 7) is 3.57. The number of aliphatic carboxylic acids is 1. The van der Waals surface area contributed by atoms with E-state index in [9.17, 15) is 13.6 Å². The zero-order valence-electron chi connectivity index (χ0n) is 12.2. The molecule has 1 fully saturated rings. The van der Waals surface area contributed by atoms with E-state index in [1.54, 1.807) is 12.1 Å². The molecule has 0 bridgehead atoms. The van der Waals surface area contributed by atoms with Gasteiger partial charge < -0.3 is 5.11 Å². The summed E-state index contributed by atoms with van der Waals surface area (Å²) in [5.74, 6) is -0.787. The smallest absolute Gasteiger partial charge is 0.304 e. The standard InChI is InChI=1S/C16H21F2NO2/c1-16(8-2-9-19(16)10-7-14(20)21)11-12-3-5-13(6-4-12)15(17)18/h3-6,15H,2,7-11H2,1H3,(H,20,21). The maximum absolute atomic E-state index is 12.6. The highest BCUT2D eigenvalue weighted by Crippen LogP contribution is 2.32. The zero-order valence-corrected chi connectivity index (χ0v) is 12.2. The molecule has 0 aromatic heterocycles. The topological polar surface area (TPSA) is 40.5 Å². The van der Waals surface area contributed by atoms with Gasteiger partial charge in [0, 0.05) is 17.6 Å². The van der Waals surface area contributed by atoms with Gasteiger partial charge in [0.05, 0.1) is 6.42 Å². The normalized spacial score (nSPS) is 22.9. The van der Waals surface area contributed by atoms with Crippen LogP contribution in [-0.4, -0.2) is 34.6 Å². The molecule has 21 heavy (non-hydrogen) atoms. The van der Waals surface area contributed by atoms with Crippen molar-refractivity contribution in [3.8, 4) is 0 Å². The Morgan fingerprint density at radius 2 is 2.05 bits per heavy atom. The number of hydrogen-bond acceptors (Lipinski definition) is 2. The third kappa shape index (κ3) is 4.00. The largest absolute Gasteiger partial charge is 0.481 e. The molecule has 1 aliphatic heterocycles. The van der Waals surface area contributed by atoms with Crippen molar-refractivity contribution in [3.63, 3.8) is 0 Å². The average Bonchev–Trinajstić information content (AvgIpc) is 2.77. The third-order valence-corrected chi connectivity index (χ3v) is 4.32. The number of halogens is 2. The van der Waals surface area contributed by atoms with Gasteiger partial charge in [0.2, 0.25) is 0 Å². The Labute approximate surface area is 123 Å². The lowest BCUT2D eigenvalue weighted by atomic mass is 9.89. The van der Waals surface area contributed by atoms with Crippen LogP contribution in [0.3, 0.4) is 0 Å². The van der Waals surface area contributed by atoms with Crippen LogP contribution in [0, 0.1) is 0 Å². The Balaban J connectivity index is 2.03. The van der Waals surface area contributed by atoms with E-state index in [0.717, 1.165) is 31.4 Å². The van der Waals surface area contributed by atoms with E-state index in [2.05, 4.69) is 11.8 Å². The molecule has 1 aromatic rings. The first kappa shape index (κ1) is 15.9. The molecule has 0 amide bonds. The first-order chi connectivity index (χ1) is 9.90. The van der Waals surface area contributed by atoms with Gasteiger partial charge in [-0.2, -0.15) is 0 Å². The molecular formula is C16H21F2NO2. The molecule has 0 saturated carbocycles. The van der Waals surface area contributed by atoms with Crippen LogP contribution in [-0.2, 0) is 11.2 Å². The molecule has 1 heterocycles. The highest BCUT2D eigenvalue weighted by Gasteiger charge is 2.36. The van der Waals surface area contributed by atoms with E-state index in [1.165, 1.54) is 12.1 Å². The molecular weight excluding hydrogens is 276 g/mol. The summed E-state index contributed by atoms with van der Waals surface area (Å²) in [5, 5.41) is 8.82. The van der Waals surface area contributed by atoms with Crippen LogP contribution in [0.1, 0.15) is 43.7 Å². The minimum absolute atomic E-state index is 0.0399. The average molecular weight is 297 g/mol. The van der Waals surface area contributed by atoms with Crippen molar-refractivity contribution >= 4 is 5.97 Å². The molecule has 0 radical (unpaired) electrons. The number of rotatable bonds is 6. The van der Waals surface area contributed by atoms with Gasteiger partial charge in [-0.25, -0.2) is 8.78 Å². The molecule has 1 atom stereocenters. The second-order valence-electron chi connectivity index (χ2n) is 5.95. The Morgan fingerprint density at radius 1 is 1.38 bits per heavy atom. The van der Waals surface area contributed by atoms with Crippen molar-refractivity contribution in [1.29, 1.82) is 0 Å². The highest BCUT2D eigenvalue weighted by atomic mass is 19.3. The van der Waals surface area contributed by atoms with Gasteiger partial charge in [-0.1, -0.05) is 24.3 Å². The number of carbonyl (C=O) groups is 1. The van der Waals surface area contributed by atoms with E-state index in [4.69, 9.17) is 5.11 Å². The van der Waals surface area contributed by atoms with Crippen molar-refractivity contribution in [1.82, 2.24) is 4.90 Å². The van der Waals surface area contributed by atoms with Crippen molar-refractivity contribution in [3.05, 3.63) is 35.4 Å². The minimum atomic E-state index is -2.44. The molecule has 1 aliphatic rings. The molecule has 5 heteroatoms. The number of carboxylic acid groups (broad SMARTS) is 1. The predicted molar refractivity (Wildman–Crippen MR) is 76.6 cm³/mol. The second kappa shape index (κ2) is 6.52. The van der Waals surface area contributed by atoms with E-state index < -0.39 is 12.4 Å². The van der Waals surface area contributed by atoms with Gasteiger partial charge in [-0.3, -0.25) is 9.69 Å². The van der Waals surface area contributed by atoms with Crippen LogP contribution in [0.4, 0.5) is 8.78 Å². The van der Waals surface area contributed by atoms with Crippen LogP contribution >= 0.6 is 0 Å². The lowest BCUT2D eigenvalue weighted by molar-refractivity contribution is -0.137. The zero-order chi connectivity index (χ0) is 15.5. The number of hydrogen-bond donors (Lipinski definition) is 1. The predicted octanol–water partition coefficient (Wildman–Crippen LogP) is 3.50. The highest BCUT2D eigenvalue weighted by molar-refractivity contribution is 5.66. The number of nitrogens with zero attached hydrogens (tertiary/aromatic N) is 1. The van der Waals surface area contributed by atoms with Gasteiger partial charge in [-0.05, 0) is 38.3 Å². The quantitative estimate of drug-likeness (QED) is 0.873. The van der Waals surface area contributed by atoms with Crippen LogP contribution in [0.5, 0.6) is 0 Å². The summed E-state index contributed by atoms with van der Waals surface area (Å²) < 4.78 is 25.1. The third-order valence-electron chi connectivity index (χ3n) is 4.32. The molecule has 1 N–H and O–H groups in total.